The van der Waals surface area contributed by atoms with Crippen LogP contribution in [0.2, 0.25) is 0 Å². The minimum Gasteiger partial charge on any atom is -0.870 e. The van der Waals surface area contributed by atoms with Crippen LogP contribution in [0.25, 0.3) is 0 Å². The molecule has 0 fully saturated rings. The molecular weight excluding hydrogens is 207 g/mol. The van der Waals surface area contributed by atoms with Gasteiger partial charge < -0.3 is 5.11 Å². The van der Waals surface area contributed by atoms with Crippen molar-refractivity contribution in [2.45, 2.75) is 0 Å². The van der Waals surface area contributed by atoms with Crippen molar-refractivity contribution in [3.63, 3.8) is 0 Å². The second-order valence-electron chi connectivity index (χ2n) is 2.75. The molecule has 1 aliphatic rings. The number of hydrogen-bond acceptors (Lipinski definition) is 3. The Morgan fingerprint density at radius 3 is 2.21 bits per heavy atom. The van der Waals surface area contributed by atoms with Crippen LogP contribution in [0.15, 0.2) is 36.1 Å². The molecule has 3 nitrogen and oxygen atoms in total. The third-order valence-corrected chi connectivity index (χ3v) is 1.92. The van der Waals surface area contributed by atoms with Gasteiger partial charge in [-0.2, -0.15) is 0 Å². The van der Waals surface area contributed by atoms with Crippen LogP contribution in [0.1, 0.15) is 20.7 Å². The van der Waals surface area contributed by atoms with Crippen LogP contribution in [-0.4, -0.2) is 11.6 Å². The summed E-state index contributed by atoms with van der Waals surface area (Å²) >= 11 is 0. The molecule has 1 aromatic rings. The summed E-state index contributed by atoms with van der Waals surface area (Å²) in [7, 11) is 0. The Morgan fingerprint density at radius 2 is 1.57 bits per heavy atom. The quantitative estimate of drug-likeness (QED) is 0.440. The van der Waals surface area contributed by atoms with E-state index in [1.54, 1.807) is 18.2 Å². The van der Waals surface area contributed by atoms with Crippen LogP contribution in [0.5, 0.6) is 0 Å². The summed E-state index contributed by atoms with van der Waals surface area (Å²) in [6.45, 7) is 0. The molecule has 0 atom stereocenters. The van der Waals surface area contributed by atoms with E-state index >= 15 is 0 Å². The Kier molecular flexibility index (Phi) is 3.80. The SMILES string of the molecule is O=C1C=C([O-])C(=O)c2ccccc21.[K+]. The fourth-order valence-electron chi connectivity index (χ4n) is 1.29. The zero-order chi connectivity index (χ0) is 9.42. The molecule has 0 aromatic heterocycles. The summed E-state index contributed by atoms with van der Waals surface area (Å²) < 4.78 is 0. The number of ketones is 2. The van der Waals surface area contributed by atoms with Gasteiger partial charge in [-0.15, -0.1) is 0 Å². The first-order valence-corrected chi connectivity index (χ1v) is 3.77. The summed E-state index contributed by atoms with van der Waals surface area (Å²) in [4.78, 5) is 22.4. The molecule has 14 heavy (non-hydrogen) atoms. The van der Waals surface area contributed by atoms with Crippen molar-refractivity contribution in [3.05, 3.63) is 47.2 Å². The summed E-state index contributed by atoms with van der Waals surface area (Å²) in [6, 6.07) is 6.31. The predicted octanol–water partition coefficient (Wildman–Crippen LogP) is -2.69. The van der Waals surface area contributed by atoms with Crippen molar-refractivity contribution in [1.29, 1.82) is 0 Å². The number of Topliss-reactive ketones (excluding diaryl/α,β-unsaturated/α-hetero) is 1. The number of benzene rings is 1. The molecule has 2 rings (SSSR count). The third kappa shape index (κ3) is 1.89. The van der Waals surface area contributed by atoms with Crippen LogP contribution < -0.4 is 56.5 Å². The van der Waals surface area contributed by atoms with Gasteiger partial charge in [-0.3, -0.25) is 9.59 Å². The van der Waals surface area contributed by atoms with E-state index in [-0.39, 0.29) is 62.7 Å². The number of fused-ring (bicyclic) bond motifs is 1. The molecule has 0 aliphatic heterocycles. The first-order valence-electron chi connectivity index (χ1n) is 3.77. The van der Waals surface area contributed by atoms with Crippen LogP contribution in [0.3, 0.4) is 0 Å². The Balaban J connectivity index is 0.000000980. The van der Waals surface area contributed by atoms with Gasteiger partial charge in [0.2, 0.25) is 0 Å². The molecule has 4 heteroatoms. The molecule has 0 bridgehead atoms. The number of carbonyl (C=O) groups is 2. The molecule has 0 spiro atoms. The number of carbonyl (C=O) groups excluding carboxylic acids is 2. The van der Waals surface area contributed by atoms with E-state index in [1.165, 1.54) is 6.07 Å². The first kappa shape index (κ1) is 11.8. The second-order valence-corrected chi connectivity index (χ2v) is 2.75. The molecule has 0 radical (unpaired) electrons. The van der Waals surface area contributed by atoms with Crippen molar-refractivity contribution >= 4 is 11.6 Å². The third-order valence-electron chi connectivity index (χ3n) is 1.92. The van der Waals surface area contributed by atoms with Gasteiger partial charge in [-0.05, 0) is 6.08 Å². The summed E-state index contributed by atoms with van der Waals surface area (Å²) in [6.07, 6.45) is 0.838. The maximum atomic E-state index is 11.2. The summed E-state index contributed by atoms with van der Waals surface area (Å²) in [5.41, 5.74) is 0.520. The van der Waals surface area contributed by atoms with E-state index in [4.69, 9.17) is 0 Å². The zero-order valence-corrected chi connectivity index (χ0v) is 10.7. The molecule has 0 unspecified atom stereocenters. The fourth-order valence-corrected chi connectivity index (χ4v) is 1.29. The van der Waals surface area contributed by atoms with Gasteiger partial charge >= 0.3 is 51.4 Å². The summed E-state index contributed by atoms with van der Waals surface area (Å²) in [5, 5.41) is 10.9. The fraction of sp³-hybridized carbons (Fsp3) is 0. The Labute approximate surface area is 123 Å². The molecule has 0 N–H and O–H groups in total. The normalized spacial score (nSPS) is 14.1. The smallest absolute Gasteiger partial charge is 0.870 e. The van der Waals surface area contributed by atoms with Crippen molar-refractivity contribution in [2.75, 3.05) is 0 Å². The predicted molar refractivity (Wildman–Crippen MR) is 43.2 cm³/mol. The molecule has 0 saturated heterocycles. The molecule has 64 valence electrons. The minimum absolute atomic E-state index is 0. The monoisotopic (exact) mass is 212 g/mol. The van der Waals surface area contributed by atoms with Crippen molar-refractivity contribution in [1.82, 2.24) is 0 Å². The zero-order valence-electron chi connectivity index (χ0n) is 7.61. The van der Waals surface area contributed by atoms with Gasteiger partial charge in [0.05, 0.1) is 0 Å². The Hall–Kier alpha value is -0.264. The molecule has 1 aliphatic carbocycles. The van der Waals surface area contributed by atoms with E-state index in [0.29, 0.717) is 5.56 Å². The number of hydrogen-bond donors (Lipinski definition) is 0. The van der Waals surface area contributed by atoms with Crippen LogP contribution in [0.4, 0.5) is 0 Å². The number of allylic oxidation sites excluding steroid dienone is 2. The maximum Gasteiger partial charge on any atom is 1.00 e. The minimum atomic E-state index is -0.733. The topological polar surface area (TPSA) is 57.2 Å². The van der Waals surface area contributed by atoms with Gasteiger partial charge in [0, 0.05) is 11.1 Å². The molecule has 0 saturated carbocycles. The van der Waals surface area contributed by atoms with Gasteiger partial charge in [-0.25, -0.2) is 0 Å². The average molecular weight is 212 g/mol. The average Bonchev–Trinajstić information content (AvgIpc) is 2.15. The number of rotatable bonds is 0. The van der Waals surface area contributed by atoms with E-state index in [0.717, 1.165) is 6.08 Å². The molecule has 0 amide bonds. The van der Waals surface area contributed by atoms with Gasteiger partial charge in [0.1, 0.15) is 0 Å². The largest absolute Gasteiger partial charge is 1.00 e. The van der Waals surface area contributed by atoms with E-state index in [2.05, 4.69) is 0 Å². The standard InChI is InChI=1S/C10H6O3.K/c11-8-5-9(12)10(13)7-4-2-1-3-6(7)8;/h1-5,12H;/q;+1/p-1. The first-order chi connectivity index (χ1) is 6.20. The molecular formula is C10H5KO3. The van der Waals surface area contributed by atoms with Gasteiger partial charge in [-0.1, -0.05) is 30.0 Å². The van der Waals surface area contributed by atoms with E-state index < -0.39 is 11.5 Å². The Bertz CT molecular complexity index is 435. The van der Waals surface area contributed by atoms with Gasteiger partial charge in [0.25, 0.3) is 0 Å². The summed E-state index contributed by atoms with van der Waals surface area (Å²) in [5.74, 6) is -1.72. The van der Waals surface area contributed by atoms with Crippen molar-refractivity contribution in [3.8, 4) is 0 Å². The van der Waals surface area contributed by atoms with E-state index in [1.807, 2.05) is 0 Å². The molecule has 0 heterocycles. The van der Waals surface area contributed by atoms with Crippen molar-refractivity contribution in [2.24, 2.45) is 0 Å². The van der Waals surface area contributed by atoms with Crippen LogP contribution in [0, 0.1) is 0 Å². The van der Waals surface area contributed by atoms with Crippen molar-refractivity contribution < 1.29 is 66.1 Å². The van der Waals surface area contributed by atoms with Crippen LogP contribution in [-0.2, 0) is 0 Å². The Morgan fingerprint density at radius 1 is 1.00 bits per heavy atom. The molecule has 1 aromatic carbocycles. The second kappa shape index (κ2) is 4.50. The van der Waals surface area contributed by atoms with Gasteiger partial charge in [0.15, 0.2) is 11.6 Å². The maximum absolute atomic E-state index is 11.2. The van der Waals surface area contributed by atoms with E-state index in [9.17, 15) is 14.7 Å². The van der Waals surface area contributed by atoms with Crippen LogP contribution >= 0.6 is 0 Å².